The number of nitrogens with one attached hydrogen (secondary N) is 1. The van der Waals surface area contributed by atoms with Crippen molar-refractivity contribution < 1.29 is 32.9 Å². The van der Waals surface area contributed by atoms with Gasteiger partial charge in [0.2, 0.25) is 5.91 Å². The van der Waals surface area contributed by atoms with E-state index in [0.29, 0.717) is 17.4 Å². The van der Waals surface area contributed by atoms with Gasteiger partial charge >= 0.3 is 0 Å². The van der Waals surface area contributed by atoms with Crippen molar-refractivity contribution in [3.8, 4) is 0 Å². The predicted molar refractivity (Wildman–Crippen MR) is 362 cm³/mol. The van der Waals surface area contributed by atoms with E-state index in [-0.39, 0.29) is 12.5 Å². The molecule has 0 spiro atoms. The van der Waals surface area contributed by atoms with Crippen LogP contribution in [0.5, 0.6) is 0 Å². The van der Waals surface area contributed by atoms with Crippen molar-refractivity contribution in [1.29, 1.82) is 0 Å². The third kappa shape index (κ3) is 67.1. The Morgan fingerprint density at radius 2 is 0.747 bits per heavy atom. The Morgan fingerprint density at radius 3 is 1.12 bits per heavy atom. The number of quaternary nitrogens is 1. The Bertz CT molecular complexity index is 1630. The number of carbonyl (C=O) groups excluding carboxylic acids is 1. The van der Waals surface area contributed by atoms with E-state index in [0.717, 1.165) is 70.6 Å². The smallest absolute Gasteiger partial charge is 0.268 e. The molecule has 3 atom stereocenters. The van der Waals surface area contributed by atoms with E-state index in [1.54, 1.807) is 6.08 Å². The maximum Gasteiger partial charge on any atom is 0.268 e. The molecule has 0 aromatic rings. The van der Waals surface area contributed by atoms with E-state index < -0.39 is 26.6 Å². The second kappa shape index (κ2) is 64.2. The lowest BCUT2D eigenvalue weighted by atomic mass is 10.0. The summed E-state index contributed by atoms with van der Waals surface area (Å²) in [5.74, 6) is -0.208. The van der Waals surface area contributed by atoms with E-state index in [1.807, 2.05) is 27.2 Å². The van der Waals surface area contributed by atoms with Crippen LogP contribution in [0, 0.1) is 0 Å². The first-order valence-corrected chi connectivity index (χ1v) is 36.9. The van der Waals surface area contributed by atoms with Crippen LogP contribution in [-0.4, -0.2) is 68.5 Å². The molecular formula is C74H137N2O6P. The maximum atomic E-state index is 13.0. The molecule has 0 fully saturated rings. The Hall–Kier alpha value is -2.32. The van der Waals surface area contributed by atoms with Crippen LogP contribution >= 0.6 is 7.82 Å². The molecule has 0 aliphatic rings. The fourth-order valence-corrected chi connectivity index (χ4v) is 11.1. The third-order valence-corrected chi connectivity index (χ3v) is 16.8. The summed E-state index contributed by atoms with van der Waals surface area (Å²) in [7, 11) is 1.24. The molecule has 484 valence electrons. The number of carbonyl (C=O) groups is 1. The number of allylic oxidation sites excluding steroid dienone is 13. The highest BCUT2D eigenvalue weighted by molar-refractivity contribution is 7.45. The van der Waals surface area contributed by atoms with E-state index in [9.17, 15) is 19.4 Å². The van der Waals surface area contributed by atoms with Gasteiger partial charge in [-0.2, -0.15) is 0 Å². The average molecular weight is 1180 g/mol. The highest BCUT2D eigenvalue weighted by Crippen LogP contribution is 2.38. The first-order valence-electron chi connectivity index (χ1n) is 35.4. The van der Waals surface area contributed by atoms with E-state index >= 15 is 0 Å². The van der Waals surface area contributed by atoms with Crippen LogP contribution in [0.2, 0.25) is 0 Å². The molecule has 0 saturated carbocycles. The molecule has 0 bridgehead atoms. The summed E-state index contributed by atoms with van der Waals surface area (Å²) in [6, 6.07) is -0.914. The molecule has 0 aromatic carbocycles. The van der Waals surface area contributed by atoms with Crippen LogP contribution in [0.25, 0.3) is 0 Å². The number of aliphatic hydroxyl groups excluding tert-OH is 1. The largest absolute Gasteiger partial charge is 0.756 e. The highest BCUT2D eigenvalue weighted by Gasteiger charge is 2.23. The van der Waals surface area contributed by atoms with Gasteiger partial charge in [-0.05, 0) is 83.5 Å². The van der Waals surface area contributed by atoms with Crippen molar-refractivity contribution in [3.63, 3.8) is 0 Å². The molecule has 1 amide bonds. The molecule has 8 nitrogen and oxygen atoms in total. The lowest BCUT2D eigenvalue weighted by Crippen LogP contribution is -2.45. The molecule has 0 rings (SSSR count). The third-order valence-electron chi connectivity index (χ3n) is 15.8. The van der Waals surface area contributed by atoms with Crippen molar-refractivity contribution in [2.24, 2.45) is 0 Å². The molecule has 0 aliphatic carbocycles. The molecule has 9 heteroatoms. The summed E-state index contributed by atoms with van der Waals surface area (Å²) >= 11 is 0. The van der Waals surface area contributed by atoms with Gasteiger partial charge in [-0.3, -0.25) is 9.36 Å². The monoisotopic (exact) mass is 1180 g/mol. The van der Waals surface area contributed by atoms with E-state index in [4.69, 9.17) is 9.05 Å². The maximum absolute atomic E-state index is 13.0. The van der Waals surface area contributed by atoms with Crippen LogP contribution in [0.1, 0.15) is 328 Å². The van der Waals surface area contributed by atoms with Gasteiger partial charge in [0.15, 0.2) is 0 Å². The SMILES string of the molecule is CC/C=C\C/C=C\C/C=C\C/C=C\CCCCCCCCCCCCCCCCCCCCCCC(=O)NC(COP(=O)([O-])OCC[N+](C)(C)C)C(O)/C=C/CC/C=C/CC/C=C/CCCCCCCCCCCCCCCCCCCC. The van der Waals surface area contributed by atoms with Gasteiger partial charge < -0.3 is 28.8 Å². The zero-order chi connectivity index (χ0) is 60.5. The average Bonchev–Trinajstić information content (AvgIpc) is 3.49. The van der Waals surface area contributed by atoms with Crippen molar-refractivity contribution >= 4 is 13.7 Å². The first kappa shape index (κ1) is 80.7. The highest BCUT2D eigenvalue weighted by atomic mass is 31.2. The fourth-order valence-electron chi connectivity index (χ4n) is 10.4. The number of amides is 1. The Balaban J connectivity index is 4.10. The van der Waals surface area contributed by atoms with Gasteiger partial charge in [0.25, 0.3) is 7.82 Å². The Kier molecular flexibility index (Phi) is 62.4. The van der Waals surface area contributed by atoms with Crippen LogP contribution in [0.3, 0.4) is 0 Å². The Morgan fingerprint density at radius 1 is 0.434 bits per heavy atom. The van der Waals surface area contributed by atoms with E-state index in [1.165, 1.54) is 238 Å². The van der Waals surface area contributed by atoms with E-state index in [2.05, 4.69) is 92.1 Å². The number of hydrogen-bond donors (Lipinski definition) is 2. The number of phosphoric acid groups is 1. The second-order valence-electron chi connectivity index (χ2n) is 25.2. The molecule has 0 aliphatic heterocycles. The molecule has 3 unspecified atom stereocenters. The van der Waals surface area contributed by atoms with Crippen molar-refractivity contribution in [1.82, 2.24) is 5.32 Å². The second-order valence-corrected chi connectivity index (χ2v) is 26.6. The minimum Gasteiger partial charge on any atom is -0.756 e. The fraction of sp³-hybridized carbons (Fsp3) is 0.797. The molecular weight excluding hydrogens is 1040 g/mol. The van der Waals surface area contributed by atoms with Gasteiger partial charge in [-0.25, -0.2) is 0 Å². The standard InChI is InChI=1S/C74H137N2O6P/c1-6-8-10-12-14-16-18-20-22-24-26-28-30-32-34-36-37-38-39-40-42-44-46-48-50-52-54-56-58-60-62-64-66-68-74(78)75-72(71-82-83(79,80)81-70-69-76(3,4)5)73(77)67-65-63-61-59-57-55-53-51-49-47-45-43-41-35-33-31-29-27-25-23-21-19-17-15-13-11-9-7-2/h8,10,14,16,20,22,26,28,49,51,57,59,65,67,72-73,77H,6-7,9,11-13,15,17-19,21,23-25,27,29-48,50,52-56,58,60-64,66,68-71H2,1-5H3,(H-,75,78,79,80)/b10-8-,16-14-,22-20-,28-26-,51-49+,59-57+,67-65+. The van der Waals surface area contributed by atoms with Gasteiger partial charge in [-0.1, -0.05) is 324 Å². The minimum absolute atomic E-state index is 0.0102. The van der Waals surface area contributed by atoms with Gasteiger partial charge in [0, 0.05) is 6.42 Å². The van der Waals surface area contributed by atoms with Crippen molar-refractivity contribution in [2.45, 2.75) is 341 Å². The number of unbranched alkanes of at least 4 members (excludes halogenated alkanes) is 40. The lowest BCUT2D eigenvalue weighted by Gasteiger charge is -2.29. The quantitative estimate of drug-likeness (QED) is 0.0272. The number of nitrogens with zero attached hydrogens (tertiary/aromatic N) is 1. The van der Waals surface area contributed by atoms with Gasteiger partial charge in [-0.15, -0.1) is 0 Å². The predicted octanol–water partition coefficient (Wildman–Crippen LogP) is 22.1. The number of phosphoric ester groups is 1. The first-order chi connectivity index (χ1) is 40.5. The number of rotatable bonds is 65. The van der Waals surface area contributed by atoms with Gasteiger partial charge in [0.1, 0.15) is 13.2 Å². The van der Waals surface area contributed by atoms with Crippen LogP contribution in [0.4, 0.5) is 0 Å². The topological polar surface area (TPSA) is 108 Å². The molecule has 83 heavy (non-hydrogen) atoms. The number of aliphatic hydroxyl groups is 1. The normalized spacial score (nSPS) is 14.2. The van der Waals surface area contributed by atoms with Crippen LogP contribution < -0.4 is 10.2 Å². The molecule has 0 heterocycles. The number of hydrogen-bond acceptors (Lipinski definition) is 6. The summed E-state index contributed by atoms with van der Waals surface area (Å²) < 4.78 is 23.4. The Labute approximate surface area is 516 Å². The molecule has 0 aromatic heterocycles. The summed E-state index contributed by atoms with van der Waals surface area (Å²) in [4.78, 5) is 25.6. The minimum atomic E-state index is -4.62. The summed E-state index contributed by atoms with van der Waals surface area (Å²) in [5, 5.41) is 13.9. The van der Waals surface area contributed by atoms with Crippen LogP contribution in [-0.2, 0) is 18.4 Å². The van der Waals surface area contributed by atoms with Crippen LogP contribution in [0.15, 0.2) is 85.1 Å². The molecule has 0 saturated heterocycles. The zero-order valence-corrected chi connectivity index (χ0v) is 56.3. The van der Waals surface area contributed by atoms with Gasteiger partial charge in [0.05, 0.1) is 39.9 Å². The summed E-state index contributed by atoms with van der Waals surface area (Å²) in [6.07, 6.45) is 91.5. The molecule has 0 radical (unpaired) electrons. The number of likely N-dealkylation sites (N-methyl/N-ethyl adjacent to an activating group) is 1. The van der Waals surface area contributed by atoms with Crippen molar-refractivity contribution in [3.05, 3.63) is 85.1 Å². The zero-order valence-electron chi connectivity index (χ0n) is 55.4. The summed E-state index contributed by atoms with van der Waals surface area (Å²) in [6.45, 7) is 4.55. The van der Waals surface area contributed by atoms with Crippen molar-refractivity contribution in [2.75, 3.05) is 40.9 Å². The lowest BCUT2D eigenvalue weighted by molar-refractivity contribution is -0.870. The molecule has 2 N–H and O–H groups in total. The summed E-state index contributed by atoms with van der Waals surface area (Å²) in [5.41, 5.74) is 0.